The number of hydrogen-bond acceptors (Lipinski definition) is 8. The molecule has 0 atom stereocenters. The Hall–Kier alpha value is -5.06. The number of hydrogen-bond donors (Lipinski definition) is 3. The Morgan fingerprint density at radius 3 is 2.12 bits per heavy atom. The summed E-state index contributed by atoms with van der Waals surface area (Å²) < 4.78 is 21.4. The predicted octanol–water partition coefficient (Wildman–Crippen LogP) is 3.10. The summed E-state index contributed by atoms with van der Waals surface area (Å²) in [6.07, 6.45) is 2.76. The predicted molar refractivity (Wildman–Crippen MR) is 155 cm³/mol. The number of rotatable bonds is 13. The van der Waals surface area contributed by atoms with E-state index in [9.17, 15) is 14.4 Å². The topological polar surface area (TPSA) is 137 Å². The Morgan fingerprint density at radius 2 is 1.44 bits per heavy atom. The van der Waals surface area contributed by atoms with Gasteiger partial charge in [0.1, 0.15) is 0 Å². The number of nitrogens with zero attached hydrogens (tertiary/aromatic N) is 1. The number of aryl methyl sites for hydroxylation is 1. The summed E-state index contributed by atoms with van der Waals surface area (Å²) in [5, 5.41) is 9.16. The van der Waals surface area contributed by atoms with Crippen LogP contribution in [0.2, 0.25) is 0 Å². The monoisotopic (exact) mass is 562 g/mol. The highest BCUT2D eigenvalue weighted by molar-refractivity contribution is 6.35. The fraction of sp³-hybridized carbons (Fsp3) is 0.267. The van der Waals surface area contributed by atoms with Crippen molar-refractivity contribution in [3.63, 3.8) is 0 Å². The molecule has 0 radical (unpaired) electrons. The lowest BCUT2D eigenvalue weighted by Gasteiger charge is -2.11. The van der Waals surface area contributed by atoms with Crippen molar-refractivity contribution in [3.05, 3.63) is 77.4 Å². The van der Waals surface area contributed by atoms with Gasteiger partial charge in [-0.3, -0.25) is 14.4 Å². The van der Waals surface area contributed by atoms with E-state index in [-0.39, 0.29) is 19.1 Å². The molecule has 0 fully saturated rings. The van der Waals surface area contributed by atoms with Crippen LogP contribution in [0.25, 0.3) is 0 Å². The maximum atomic E-state index is 12.3. The standard InChI is InChI=1S/C30H34N4O7/c1-5-20-6-10-23(11-7-20)33-28(35)19-41-25-13-9-22(17-27(25)40-4)18-32-34-30(37)29(36)31-15-14-21-8-12-24(38-2)26(16-21)39-3/h6-13,16-18H,5,14-15,19H2,1-4H3,(H,31,36)(H,33,35)(H,34,37)/b32-18-. The van der Waals surface area contributed by atoms with Gasteiger partial charge in [-0.05, 0) is 72.0 Å². The van der Waals surface area contributed by atoms with Crippen LogP contribution in [0, 0.1) is 0 Å². The molecule has 0 aliphatic carbocycles. The molecule has 0 unspecified atom stereocenters. The summed E-state index contributed by atoms with van der Waals surface area (Å²) in [6.45, 7) is 2.09. The summed E-state index contributed by atoms with van der Waals surface area (Å²) in [6, 6.07) is 17.9. The first-order valence-corrected chi connectivity index (χ1v) is 12.9. The molecule has 3 aromatic rings. The van der Waals surface area contributed by atoms with E-state index in [1.165, 1.54) is 18.9 Å². The Kier molecular flexibility index (Phi) is 11.5. The fourth-order valence-corrected chi connectivity index (χ4v) is 3.70. The van der Waals surface area contributed by atoms with Crippen molar-refractivity contribution in [1.82, 2.24) is 10.7 Å². The van der Waals surface area contributed by atoms with Crippen LogP contribution in [-0.4, -0.2) is 58.4 Å². The third-order valence-electron chi connectivity index (χ3n) is 5.93. The zero-order valence-corrected chi connectivity index (χ0v) is 23.5. The van der Waals surface area contributed by atoms with Crippen molar-refractivity contribution in [1.29, 1.82) is 0 Å². The lowest BCUT2D eigenvalue weighted by molar-refractivity contribution is -0.139. The maximum Gasteiger partial charge on any atom is 0.329 e. The Bertz CT molecular complexity index is 1370. The van der Waals surface area contributed by atoms with Crippen molar-refractivity contribution in [3.8, 4) is 23.0 Å². The molecule has 0 saturated heterocycles. The van der Waals surface area contributed by atoms with Crippen LogP contribution in [0.15, 0.2) is 65.8 Å². The van der Waals surface area contributed by atoms with Gasteiger partial charge in [-0.15, -0.1) is 0 Å². The van der Waals surface area contributed by atoms with Gasteiger partial charge in [-0.25, -0.2) is 5.43 Å². The number of hydrazone groups is 1. The maximum absolute atomic E-state index is 12.3. The Morgan fingerprint density at radius 1 is 0.780 bits per heavy atom. The van der Waals surface area contributed by atoms with Crippen LogP contribution in [0.4, 0.5) is 5.69 Å². The lowest BCUT2D eigenvalue weighted by Crippen LogP contribution is -2.38. The molecule has 3 rings (SSSR count). The number of methoxy groups -OCH3 is 3. The molecule has 0 aliphatic heterocycles. The minimum atomic E-state index is -0.907. The molecule has 11 heteroatoms. The molecule has 0 aliphatic rings. The molecule has 216 valence electrons. The normalized spacial score (nSPS) is 10.5. The number of carbonyl (C=O) groups is 3. The molecule has 0 heterocycles. The Labute approximate surface area is 238 Å². The first-order chi connectivity index (χ1) is 19.9. The molecule has 0 spiro atoms. The van der Waals surface area contributed by atoms with Gasteiger partial charge in [-0.1, -0.05) is 25.1 Å². The summed E-state index contributed by atoms with van der Waals surface area (Å²) >= 11 is 0. The molecular weight excluding hydrogens is 528 g/mol. The van der Waals surface area contributed by atoms with E-state index in [1.54, 1.807) is 44.6 Å². The molecule has 11 nitrogen and oxygen atoms in total. The SMILES string of the molecule is CCc1ccc(NC(=O)COc2ccc(/C=N\NC(=O)C(=O)NCCc3ccc(OC)c(OC)c3)cc2OC)cc1. The third kappa shape index (κ3) is 9.27. The number of anilines is 1. The quantitative estimate of drug-likeness (QED) is 0.165. The summed E-state index contributed by atoms with van der Waals surface area (Å²) in [5.74, 6) is -0.120. The molecular formula is C30H34N4O7. The van der Waals surface area contributed by atoms with Crippen molar-refractivity contribution in [2.24, 2.45) is 5.10 Å². The van der Waals surface area contributed by atoms with Gasteiger partial charge in [-0.2, -0.15) is 5.10 Å². The van der Waals surface area contributed by atoms with Crippen LogP contribution in [0.1, 0.15) is 23.6 Å². The van der Waals surface area contributed by atoms with Gasteiger partial charge in [0.2, 0.25) is 0 Å². The van der Waals surface area contributed by atoms with Gasteiger partial charge < -0.3 is 29.6 Å². The number of nitrogens with one attached hydrogen (secondary N) is 3. The first kappa shape index (κ1) is 30.5. The molecule has 3 aromatic carbocycles. The molecule has 41 heavy (non-hydrogen) atoms. The number of amides is 3. The molecule has 0 saturated carbocycles. The highest BCUT2D eigenvalue weighted by atomic mass is 16.5. The zero-order chi connectivity index (χ0) is 29.6. The van der Waals surface area contributed by atoms with Gasteiger partial charge in [0.25, 0.3) is 5.91 Å². The minimum Gasteiger partial charge on any atom is -0.493 e. The third-order valence-corrected chi connectivity index (χ3v) is 5.93. The second-order valence-electron chi connectivity index (χ2n) is 8.69. The van der Waals surface area contributed by atoms with E-state index in [2.05, 4.69) is 28.1 Å². The van der Waals surface area contributed by atoms with Gasteiger partial charge >= 0.3 is 11.8 Å². The van der Waals surface area contributed by atoms with E-state index in [0.29, 0.717) is 40.7 Å². The van der Waals surface area contributed by atoms with Crippen LogP contribution in [0.3, 0.4) is 0 Å². The first-order valence-electron chi connectivity index (χ1n) is 12.9. The zero-order valence-electron chi connectivity index (χ0n) is 23.5. The average Bonchev–Trinajstić information content (AvgIpc) is 3.00. The van der Waals surface area contributed by atoms with Gasteiger partial charge in [0.05, 0.1) is 27.5 Å². The van der Waals surface area contributed by atoms with Crippen molar-refractivity contribution in [2.45, 2.75) is 19.8 Å². The minimum absolute atomic E-state index is 0.212. The number of ether oxygens (including phenoxy) is 4. The fourth-order valence-electron chi connectivity index (χ4n) is 3.70. The van der Waals surface area contributed by atoms with E-state index >= 15 is 0 Å². The summed E-state index contributed by atoms with van der Waals surface area (Å²) in [4.78, 5) is 36.5. The van der Waals surface area contributed by atoms with Crippen molar-refractivity contribution >= 4 is 29.6 Å². The van der Waals surface area contributed by atoms with Crippen LogP contribution in [0.5, 0.6) is 23.0 Å². The Balaban J connectivity index is 1.45. The van der Waals surface area contributed by atoms with Crippen LogP contribution in [-0.2, 0) is 27.2 Å². The second kappa shape index (κ2) is 15.5. The number of carbonyl (C=O) groups excluding carboxylic acids is 3. The highest BCUT2D eigenvalue weighted by Gasteiger charge is 2.13. The second-order valence-corrected chi connectivity index (χ2v) is 8.69. The van der Waals surface area contributed by atoms with Crippen molar-refractivity contribution < 1.29 is 33.3 Å². The molecule has 0 aromatic heterocycles. The lowest BCUT2D eigenvalue weighted by atomic mass is 10.1. The molecule has 3 amide bonds. The number of benzene rings is 3. The van der Waals surface area contributed by atoms with Crippen molar-refractivity contribution in [2.75, 3.05) is 39.8 Å². The smallest absolute Gasteiger partial charge is 0.329 e. The summed E-state index contributed by atoms with van der Waals surface area (Å²) in [5.41, 5.74) is 5.53. The van der Waals surface area contributed by atoms with E-state index in [0.717, 1.165) is 12.0 Å². The van der Waals surface area contributed by atoms with E-state index in [1.807, 2.05) is 30.3 Å². The molecule has 3 N–H and O–H groups in total. The van der Waals surface area contributed by atoms with Gasteiger partial charge in [0.15, 0.2) is 29.6 Å². The van der Waals surface area contributed by atoms with Gasteiger partial charge in [0, 0.05) is 12.2 Å². The van der Waals surface area contributed by atoms with Crippen LogP contribution >= 0.6 is 0 Å². The largest absolute Gasteiger partial charge is 0.493 e. The van der Waals surface area contributed by atoms with E-state index in [4.69, 9.17) is 18.9 Å². The average molecular weight is 563 g/mol. The van der Waals surface area contributed by atoms with E-state index < -0.39 is 11.8 Å². The molecule has 0 bridgehead atoms. The summed E-state index contributed by atoms with van der Waals surface area (Å²) in [7, 11) is 4.56. The van der Waals surface area contributed by atoms with Crippen LogP contribution < -0.4 is 35.0 Å². The highest BCUT2D eigenvalue weighted by Crippen LogP contribution is 2.28.